The molecule has 3 aromatic rings. The molecule has 1 unspecified atom stereocenters. The molecule has 2 aliphatic heterocycles. The van der Waals surface area contributed by atoms with Gasteiger partial charge in [-0.1, -0.05) is 11.6 Å². The fourth-order valence-corrected chi connectivity index (χ4v) is 6.07. The number of carbonyl (C=O) groups excluding carboxylic acids is 3. The molecule has 3 aliphatic rings. The minimum atomic E-state index is -4.94. The van der Waals surface area contributed by atoms with E-state index in [1.165, 1.54) is 25.2 Å². The maximum absolute atomic E-state index is 13.7. The number of imidazole rings is 1. The predicted octanol–water partition coefficient (Wildman–Crippen LogP) is 4.05. The molecule has 0 bridgehead atoms. The Morgan fingerprint density at radius 1 is 1.06 bits per heavy atom. The number of piperidine rings is 1. The molecule has 18 heteroatoms. The zero-order chi connectivity index (χ0) is 33.7. The monoisotopic (exact) mass is 683 g/mol. The van der Waals surface area contributed by atoms with Gasteiger partial charge in [0.15, 0.2) is 11.5 Å². The fraction of sp³-hybridized carbons (Fsp3) is 0.483. The number of likely N-dealkylation sites (tertiary alicyclic amines) is 1. The number of nitrogens with zero attached hydrogens (tertiary/aromatic N) is 5. The smallest absolute Gasteiger partial charge is 0.349 e. The predicted molar refractivity (Wildman–Crippen MR) is 159 cm³/mol. The summed E-state index contributed by atoms with van der Waals surface area (Å²) in [5, 5.41) is 15.1. The average molecular weight is 684 g/mol. The third-order valence-corrected chi connectivity index (χ3v) is 8.87. The number of halogens is 6. The summed E-state index contributed by atoms with van der Waals surface area (Å²) in [7, 11) is 1.31. The third-order valence-electron chi connectivity index (χ3n) is 8.56. The van der Waals surface area contributed by atoms with Gasteiger partial charge in [0.25, 0.3) is 17.7 Å². The quantitative estimate of drug-likeness (QED) is 0.278. The lowest BCUT2D eigenvalue weighted by molar-refractivity contribution is -0.141. The summed E-state index contributed by atoms with van der Waals surface area (Å²) < 4.78 is 70.0. The molecule has 2 saturated heterocycles. The number of anilines is 1. The van der Waals surface area contributed by atoms with Gasteiger partial charge in [0.05, 0.1) is 28.0 Å². The second-order valence-electron chi connectivity index (χ2n) is 11.9. The van der Waals surface area contributed by atoms with Crippen molar-refractivity contribution >= 4 is 35.1 Å². The lowest BCUT2D eigenvalue weighted by Gasteiger charge is -2.33. The van der Waals surface area contributed by atoms with Gasteiger partial charge in [-0.3, -0.25) is 14.3 Å². The zero-order valence-corrected chi connectivity index (χ0v) is 25.8. The van der Waals surface area contributed by atoms with Crippen LogP contribution in [0.4, 0.5) is 32.4 Å². The molecule has 0 spiro atoms. The highest BCUT2D eigenvalue weighted by molar-refractivity contribution is 6.34. The Morgan fingerprint density at radius 2 is 1.79 bits per heavy atom. The van der Waals surface area contributed by atoms with E-state index in [1.807, 2.05) is 0 Å². The minimum Gasteiger partial charge on any atom is -0.349 e. The Labute approximate surface area is 270 Å². The van der Waals surface area contributed by atoms with E-state index in [9.17, 15) is 36.3 Å². The van der Waals surface area contributed by atoms with Crippen molar-refractivity contribution in [2.75, 3.05) is 31.5 Å². The molecule has 2 aromatic heterocycles. The van der Waals surface area contributed by atoms with Gasteiger partial charge >= 0.3 is 12.2 Å². The molecule has 0 radical (unpaired) electrons. The Balaban J connectivity index is 1.07. The first-order valence-electron chi connectivity index (χ1n) is 15.0. The molecule has 3 fully saturated rings. The van der Waals surface area contributed by atoms with Crippen molar-refractivity contribution in [3.8, 4) is 11.3 Å². The van der Waals surface area contributed by atoms with Gasteiger partial charge in [0.2, 0.25) is 0 Å². The highest BCUT2D eigenvalue weighted by Gasteiger charge is 2.59. The van der Waals surface area contributed by atoms with Crippen LogP contribution in [0.1, 0.15) is 58.4 Å². The molecule has 4 amide bonds. The van der Waals surface area contributed by atoms with E-state index in [0.29, 0.717) is 30.6 Å². The first kappa shape index (κ1) is 32.7. The van der Waals surface area contributed by atoms with E-state index in [2.05, 4.69) is 31.3 Å². The molecule has 1 aliphatic carbocycles. The van der Waals surface area contributed by atoms with Gasteiger partial charge in [-0.2, -0.15) is 18.3 Å². The highest BCUT2D eigenvalue weighted by atomic mass is 35.5. The molecular formula is C29H31ClF5N9O3. The van der Waals surface area contributed by atoms with Crippen molar-refractivity contribution in [3.63, 3.8) is 0 Å². The van der Waals surface area contributed by atoms with Gasteiger partial charge in [-0.25, -0.2) is 18.6 Å². The molecule has 252 valence electrons. The molecule has 4 heterocycles. The SMILES string of the molecule is Cn1c(-c2cn(C3CC3(F)F)nc2C(F)(F)F)cnc1C(=O)Nc1ccc(C(=O)NC2CCN(C(=O)N[C@H]3CCNC3)CC2)c(Cl)c1. The van der Waals surface area contributed by atoms with Crippen LogP contribution in [0.25, 0.3) is 11.3 Å². The summed E-state index contributed by atoms with van der Waals surface area (Å²) in [6.45, 7) is 2.60. The number of amides is 4. The summed E-state index contributed by atoms with van der Waals surface area (Å²) in [4.78, 5) is 44.2. The lowest BCUT2D eigenvalue weighted by atomic mass is 10.0. The van der Waals surface area contributed by atoms with E-state index in [-0.39, 0.29) is 45.9 Å². The molecule has 1 saturated carbocycles. The number of rotatable bonds is 7. The van der Waals surface area contributed by atoms with Crippen molar-refractivity contribution in [1.82, 2.24) is 40.2 Å². The normalized spacial score (nSPS) is 21.0. The molecular weight excluding hydrogens is 653 g/mol. The number of carbonyl (C=O) groups is 3. The van der Waals surface area contributed by atoms with Gasteiger partial charge in [-0.15, -0.1) is 0 Å². The van der Waals surface area contributed by atoms with Crippen LogP contribution in [0, 0.1) is 0 Å². The molecule has 47 heavy (non-hydrogen) atoms. The molecule has 4 N–H and O–H groups in total. The number of hydrogen-bond acceptors (Lipinski definition) is 6. The molecule has 2 atom stereocenters. The van der Waals surface area contributed by atoms with Crippen LogP contribution >= 0.6 is 11.6 Å². The first-order chi connectivity index (χ1) is 22.2. The van der Waals surface area contributed by atoms with Crippen LogP contribution in [-0.4, -0.2) is 86.3 Å². The Kier molecular flexibility index (Phi) is 8.63. The number of benzene rings is 1. The largest absolute Gasteiger partial charge is 0.435 e. The Hall–Kier alpha value is -4.25. The van der Waals surface area contributed by atoms with Crippen LogP contribution < -0.4 is 21.3 Å². The van der Waals surface area contributed by atoms with Crippen LogP contribution in [0.2, 0.25) is 5.02 Å². The second-order valence-corrected chi connectivity index (χ2v) is 12.3. The number of nitrogens with one attached hydrogen (secondary N) is 4. The van der Waals surface area contributed by atoms with E-state index in [1.54, 1.807) is 4.90 Å². The van der Waals surface area contributed by atoms with Crippen molar-refractivity contribution in [2.45, 2.75) is 55.9 Å². The van der Waals surface area contributed by atoms with Crippen LogP contribution in [0.3, 0.4) is 0 Å². The summed E-state index contributed by atoms with van der Waals surface area (Å²) >= 11 is 6.38. The number of alkyl halides is 5. The molecule has 1 aromatic carbocycles. The Morgan fingerprint density at radius 3 is 2.40 bits per heavy atom. The van der Waals surface area contributed by atoms with Crippen LogP contribution in [-0.2, 0) is 13.2 Å². The van der Waals surface area contributed by atoms with E-state index in [4.69, 9.17) is 11.6 Å². The number of hydrogen-bond donors (Lipinski definition) is 4. The van der Waals surface area contributed by atoms with Crippen LogP contribution in [0.15, 0.2) is 30.6 Å². The van der Waals surface area contributed by atoms with E-state index < -0.39 is 47.6 Å². The van der Waals surface area contributed by atoms with Crippen molar-refractivity contribution in [1.29, 1.82) is 0 Å². The second kappa shape index (κ2) is 12.4. The zero-order valence-electron chi connectivity index (χ0n) is 25.0. The Bertz CT molecular complexity index is 1690. The maximum Gasteiger partial charge on any atom is 0.435 e. The highest BCUT2D eigenvalue weighted by Crippen LogP contribution is 2.53. The van der Waals surface area contributed by atoms with Gasteiger partial charge < -0.3 is 30.7 Å². The van der Waals surface area contributed by atoms with Gasteiger partial charge in [0, 0.05) is 57.1 Å². The molecule has 12 nitrogen and oxygen atoms in total. The van der Waals surface area contributed by atoms with Crippen molar-refractivity contribution in [2.24, 2.45) is 7.05 Å². The molecule has 6 rings (SSSR count). The number of urea groups is 1. The van der Waals surface area contributed by atoms with Gasteiger partial charge in [-0.05, 0) is 44.0 Å². The first-order valence-corrected chi connectivity index (χ1v) is 15.3. The van der Waals surface area contributed by atoms with Crippen molar-refractivity contribution < 1.29 is 36.3 Å². The summed E-state index contributed by atoms with van der Waals surface area (Å²) in [6, 6.07) is 2.57. The van der Waals surface area contributed by atoms with Crippen molar-refractivity contribution in [3.05, 3.63) is 52.7 Å². The standard InChI is InChI=1S/C29H31ClF5N9O3/c1-42-21(19-14-44(22-11-28(22,31)32)41-23(19)29(33,34)35)13-37-24(42)26(46)39-16-2-3-18(20(30)10-16)25(45)38-15-5-8-43(9-6-15)27(47)40-17-4-7-36-12-17/h2-3,10,13-15,17,22,36H,4-9,11-12H2,1H3,(H,38,45)(H,39,46)(H,40,47)/t17-,22?/m0/s1. The minimum absolute atomic E-state index is 0.0435. The third kappa shape index (κ3) is 6.90. The van der Waals surface area contributed by atoms with Crippen LogP contribution in [0.5, 0.6) is 0 Å². The lowest BCUT2D eigenvalue weighted by Crippen LogP contribution is -2.51. The summed E-state index contributed by atoms with van der Waals surface area (Å²) in [5.41, 5.74) is -1.67. The van der Waals surface area contributed by atoms with E-state index in [0.717, 1.165) is 36.5 Å². The summed E-state index contributed by atoms with van der Waals surface area (Å²) in [6.07, 6.45) is -1.63. The maximum atomic E-state index is 13.7. The van der Waals surface area contributed by atoms with Gasteiger partial charge in [0.1, 0.15) is 6.04 Å². The number of aromatic nitrogens is 4. The van der Waals surface area contributed by atoms with E-state index >= 15 is 0 Å². The topological polar surface area (TPSA) is 138 Å². The average Bonchev–Trinajstić information content (AvgIpc) is 3.47. The fourth-order valence-electron chi connectivity index (χ4n) is 5.80. The summed E-state index contributed by atoms with van der Waals surface area (Å²) in [5.74, 6) is -4.63.